The Hall–Kier alpha value is -2.13. The number of rotatable bonds is 6. The number of carbonyl (C=O) groups is 1. The third-order valence-corrected chi connectivity index (χ3v) is 4.41. The fourth-order valence-corrected chi connectivity index (χ4v) is 3.17. The van der Waals surface area contributed by atoms with E-state index in [-0.39, 0.29) is 18.6 Å². The van der Waals surface area contributed by atoms with E-state index in [0.29, 0.717) is 6.42 Å². The maximum atomic E-state index is 11.7. The van der Waals surface area contributed by atoms with Crippen molar-refractivity contribution in [3.63, 3.8) is 0 Å². The average molecular weight is 309 g/mol. The van der Waals surface area contributed by atoms with E-state index in [1.165, 1.54) is 27.8 Å². The highest BCUT2D eigenvalue weighted by molar-refractivity contribution is 5.77. The first-order chi connectivity index (χ1) is 11.2. The second-order valence-electron chi connectivity index (χ2n) is 6.33. The normalized spacial score (nSPS) is 13.3. The third-order valence-electron chi connectivity index (χ3n) is 4.41. The van der Waals surface area contributed by atoms with Gasteiger partial charge in [0.25, 0.3) is 0 Å². The van der Waals surface area contributed by atoms with Crippen molar-refractivity contribution in [2.45, 2.75) is 38.6 Å². The molecule has 1 aliphatic carbocycles. The van der Waals surface area contributed by atoms with Crippen LogP contribution in [0.4, 0.5) is 0 Å². The molecule has 23 heavy (non-hydrogen) atoms. The van der Waals surface area contributed by atoms with Crippen molar-refractivity contribution in [1.29, 1.82) is 0 Å². The summed E-state index contributed by atoms with van der Waals surface area (Å²) in [5, 5.41) is 11.7. The van der Waals surface area contributed by atoms with Crippen LogP contribution in [0.5, 0.6) is 0 Å². The topological polar surface area (TPSA) is 49.3 Å². The van der Waals surface area contributed by atoms with E-state index < -0.39 is 0 Å². The Balaban J connectivity index is 1.60. The van der Waals surface area contributed by atoms with Crippen LogP contribution in [-0.4, -0.2) is 23.7 Å². The molecule has 1 aliphatic rings. The molecule has 0 aromatic heterocycles. The van der Waals surface area contributed by atoms with Crippen molar-refractivity contribution in [2.24, 2.45) is 0 Å². The van der Waals surface area contributed by atoms with Gasteiger partial charge >= 0.3 is 0 Å². The molecule has 2 aromatic carbocycles. The van der Waals surface area contributed by atoms with Gasteiger partial charge in [-0.25, -0.2) is 0 Å². The Labute approximate surface area is 137 Å². The Morgan fingerprint density at radius 3 is 2.78 bits per heavy atom. The fourth-order valence-electron chi connectivity index (χ4n) is 3.17. The summed E-state index contributed by atoms with van der Waals surface area (Å²) in [6.45, 7) is 1.78. The molecule has 3 nitrogen and oxygen atoms in total. The molecule has 0 saturated carbocycles. The lowest BCUT2D eigenvalue weighted by molar-refractivity contribution is -0.122. The smallest absolute Gasteiger partial charge is 0.220 e. The van der Waals surface area contributed by atoms with Gasteiger partial charge in [-0.15, -0.1) is 0 Å². The summed E-state index contributed by atoms with van der Waals surface area (Å²) in [4.78, 5) is 11.7. The summed E-state index contributed by atoms with van der Waals surface area (Å²) in [7, 11) is 0. The molecule has 1 atom stereocenters. The summed E-state index contributed by atoms with van der Waals surface area (Å²) >= 11 is 0. The van der Waals surface area contributed by atoms with Crippen molar-refractivity contribution >= 4 is 5.91 Å². The van der Waals surface area contributed by atoms with Crippen LogP contribution < -0.4 is 5.32 Å². The van der Waals surface area contributed by atoms with Crippen LogP contribution in [0.2, 0.25) is 0 Å². The van der Waals surface area contributed by atoms with Gasteiger partial charge in [0, 0.05) is 12.5 Å². The predicted octanol–water partition coefficient (Wildman–Crippen LogP) is 3.08. The number of aliphatic hydroxyl groups is 1. The molecule has 2 N–H and O–H groups in total. The molecule has 2 aromatic rings. The number of hydrogen-bond acceptors (Lipinski definition) is 2. The summed E-state index contributed by atoms with van der Waals surface area (Å²) in [6, 6.07) is 15.1. The molecule has 0 spiro atoms. The van der Waals surface area contributed by atoms with E-state index in [0.717, 1.165) is 19.3 Å². The second-order valence-corrected chi connectivity index (χ2v) is 6.33. The van der Waals surface area contributed by atoms with E-state index in [1.807, 2.05) is 0 Å². The Morgan fingerprint density at radius 2 is 1.96 bits per heavy atom. The highest BCUT2D eigenvalue weighted by Gasteiger charge is 2.17. The minimum Gasteiger partial charge on any atom is -0.394 e. The quantitative estimate of drug-likeness (QED) is 0.735. The first-order valence-electron chi connectivity index (χ1n) is 8.27. The molecular weight excluding hydrogens is 286 g/mol. The Kier molecular flexibility index (Phi) is 4.77. The van der Waals surface area contributed by atoms with Crippen molar-refractivity contribution in [2.75, 3.05) is 6.61 Å². The molecule has 0 fully saturated rings. The number of aliphatic hydroxyl groups excluding tert-OH is 1. The summed E-state index contributed by atoms with van der Waals surface area (Å²) in [5.74, 6) is 0.0121. The van der Waals surface area contributed by atoms with Crippen LogP contribution in [0.15, 0.2) is 42.5 Å². The lowest BCUT2D eigenvalue weighted by Gasteiger charge is -2.10. The number of carbonyl (C=O) groups excluding carboxylic acids is 1. The fraction of sp³-hybridized carbons (Fsp3) is 0.350. The van der Waals surface area contributed by atoms with Crippen LogP contribution in [0.25, 0.3) is 11.1 Å². The van der Waals surface area contributed by atoms with Gasteiger partial charge in [0.05, 0.1) is 6.61 Å². The first-order valence-corrected chi connectivity index (χ1v) is 8.27. The average Bonchev–Trinajstić information content (AvgIpc) is 2.92. The molecule has 1 unspecified atom stereocenters. The highest BCUT2D eigenvalue weighted by atomic mass is 16.3. The number of nitrogens with one attached hydrogen (secondary N) is 1. The van der Waals surface area contributed by atoms with Crippen LogP contribution >= 0.6 is 0 Å². The molecule has 0 saturated heterocycles. The minimum atomic E-state index is -0.168. The summed E-state index contributed by atoms with van der Waals surface area (Å²) in [5.41, 5.74) is 6.76. The second kappa shape index (κ2) is 6.97. The zero-order chi connectivity index (χ0) is 16.2. The Bertz CT molecular complexity index is 709. The molecule has 0 aliphatic heterocycles. The monoisotopic (exact) mass is 309 g/mol. The summed E-state index contributed by atoms with van der Waals surface area (Å²) in [6.07, 6.45) is 3.24. The van der Waals surface area contributed by atoms with E-state index in [9.17, 15) is 4.79 Å². The first kappa shape index (κ1) is 15.8. The molecule has 0 radical (unpaired) electrons. The van der Waals surface area contributed by atoms with Crippen molar-refractivity contribution < 1.29 is 9.90 Å². The number of amides is 1. The maximum Gasteiger partial charge on any atom is 0.220 e. The van der Waals surface area contributed by atoms with Crippen LogP contribution in [0, 0.1) is 0 Å². The van der Waals surface area contributed by atoms with Gasteiger partial charge in [-0.1, -0.05) is 42.5 Å². The van der Waals surface area contributed by atoms with E-state index >= 15 is 0 Å². The lowest BCUT2D eigenvalue weighted by Crippen LogP contribution is -2.34. The molecule has 3 rings (SSSR count). The van der Waals surface area contributed by atoms with Gasteiger partial charge in [0.1, 0.15) is 0 Å². The van der Waals surface area contributed by atoms with Gasteiger partial charge < -0.3 is 10.4 Å². The minimum absolute atomic E-state index is 0.0121. The van der Waals surface area contributed by atoms with Crippen molar-refractivity contribution in [3.8, 4) is 11.1 Å². The van der Waals surface area contributed by atoms with E-state index in [1.54, 1.807) is 6.92 Å². The van der Waals surface area contributed by atoms with Gasteiger partial charge in [-0.2, -0.15) is 0 Å². The number of hydrogen-bond donors (Lipinski definition) is 2. The summed E-state index contributed by atoms with van der Waals surface area (Å²) < 4.78 is 0. The molecule has 120 valence electrons. The number of fused-ring (bicyclic) bond motifs is 3. The van der Waals surface area contributed by atoms with Gasteiger partial charge in [0.2, 0.25) is 5.91 Å². The molecule has 1 amide bonds. The third kappa shape index (κ3) is 3.62. The van der Waals surface area contributed by atoms with Crippen molar-refractivity contribution in [1.82, 2.24) is 5.32 Å². The maximum absolute atomic E-state index is 11.7. The molecular formula is C20H23NO2. The standard InChI is InChI=1S/C20H23NO2/c1-14(13-22)21-20(23)8-4-5-15-9-10-17-12-16-6-2-3-7-18(16)19(17)11-15/h2-3,6-7,9-11,14,22H,4-5,8,12-13H2,1H3,(H,21,23). The van der Waals surface area contributed by atoms with Crippen LogP contribution in [0.1, 0.15) is 36.5 Å². The zero-order valence-electron chi connectivity index (χ0n) is 13.5. The molecule has 0 heterocycles. The zero-order valence-corrected chi connectivity index (χ0v) is 13.5. The van der Waals surface area contributed by atoms with Crippen LogP contribution in [0.3, 0.4) is 0 Å². The molecule has 3 heteroatoms. The van der Waals surface area contributed by atoms with Crippen LogP contribution in [-0.2, 0) is 17.6 Å². The number of aryl methyl sites for hydroxylation is 1. The Morgan fingerprint density at radius 1 is 1.17 bits per heavy atom. The predicted molar refractivity (Wildman–Crippen MR) is 92.3 cm³/mol. The van der Waals surface area contributed by atoms with Gasteiger partial charge in [0.15, 0.2) is 0 Å². The molecule has 0 bridgehead atoms. The highest BCUT2D eigenvalue weighted by Crippen LogP contribution is 2.36. The number of benzene rings is 2. The SMILES string of the molecule is CC(CO)NC(=O)CCCc1ccc2c(c1)-c1ccccc1C2. The largest absolute Gasteiger partial charge is 0.394 e. The van der Waals surface area contributed by atoms with Crippen molar-refractivity contribution in [3.05, 3.63) is 59.2 Å². The van der Waals surface area contributed by atoms with E-state index in [2.05, 4.69) is 47.8 Å². The van der Waals surface area contributed by atoms with Gasteiger partial charge in [-0.3, -0.25) is 4.79 Å². The lowest BCUT2D eigenvalue weighted by atomic mass is 10.00. The van der Waals surface area contributed by atoms with E-state index in [4.69, 9.17) is 5.11 Å². The van der Waals surface area contributed by atoms with Gasteiger partial charge in [-0.05, 0) is 54.0 Å².